The first kappa shape index (κ1) is 12.9. The molecule has 1 nitrogen and oxygen atoms in total. The number of rotatable bonds is 0. The van der Waals surface area contributed by atoms with E-state index in [1.165, 1.54) is 6.07 Å². The van der Waals surface area contributed by atoms with E-state index in [0.29, 0.717) is 5.52 Å². The highest BCUT2D eigenvalue weighted by Crippen LogP contribution is 2.34. The number of benzene rings is 1. The van der Waals surface area contributed by atoms with Crippen molar-refractivity contribution in [3.05, 3.63) is 41.6 Å². The van der Waals surface area contributed by atoms with Crippen LogP contribution in [0.4, 0.5) is 13.2 Å². The fourth-order valence-electron chi connectivity index (χ4n) is 1.98. The molecule has 1 aromatic carbocycles. The molecule has 18 heavy (non-hydrogen) atoms. The Kier molecular flexibility index (Phi) is 2.84. The third-order valence-corrected chi connectivity index (χ3v) is 2.88. The highest BCUT2D eigenvalue weighted by atomic mass is 19.4. The number of aromatic nitrogens is 1. The Bertz CT molecular complexity index is 580. The summed E-state index contributed by atoms with van der Waals surface area (Å²) < 4.78 is 37.9. The zero-order valence-electron chi connectivity index (χ0n) is 10.5. The molecule has 0 aliphatic carbocycles. The van der Waals surface area contributed by atoms with E-state index in [4.69, 9.17) is 0 Å². The fraction of sp³-hybridized carbons (Fsp3) is 0.357. The monoisotopic (exact) mass is 253 g/mol. The molecule has 1 heterocycles. The molecular weight excluding hydrogens is 239 g/mol. The maximum absolute atomic E-state index is 12.6. The number of halogens is 3. The van der Waals surface area contributed by atoms with Gasteiger partial charge >= 0.3 is 6.18 Å². The van der Waals surface area contributed by atoms with Crippen molar-refractivity contribution in [3.8, 4) is 0 Å². The molecule has 2 aromatic rings. The predicted octanol–water partition coefficient (Wildman–Crippen LogP) is 4.55. The highest BCUT2D eigenvalue weighted by Gasteiger charge is 2.31. The molecule has 0 N–H and O–H groups in total. The maximum Gasteiger partial charge on any atom is 0.416 e. The van der Waals surface area contributed by atoms with Gasteiger partial charge in [-0.3, -0.25) is 4.98 Å². The molecule has 0 amide bonds. The molecule has 0 bridgehead atoms. The van der Waals surface area contributed by atoms with Crippen LogP contribution in [0.25, 0.3) is 10.9 Å². The van der Waals surface area contributed by atoms with Gasteiger partial charge in [-0.05, 0) is 29.2 Å². The lowest BCUT2D eigenvalue weighted by molar-refractivity contribution is -0.137. The standard InChI is InChI=1S/C14H14F3N/c1-13(2,3)11-6-7-18-12-8-9(14(15,16)17)4-5-10(11)12/h4-8H,1-3H3. The molecule has 0 aliphatic heterocycles. The summed E-state index contributed by atoms with van der Waals surface area (Å²) in [7, 11) is 0. The van der Waals surface area contributed by atoms with Crippen molar-refractivity contribution in [2.24, 2.45) is 0 Å². The van der Waals surface area contributed by atoms with E-state index in [0.717, 1.165) is 23.1 Å². The largest absolute Gasteiger partial charge is 0.416 e. The Morgan fingerprint density at radius 1 is 1.00 bits per heavy atom. The lowest BCUT2D eigenvalue weighted by atomic mass is 9.85. The van der Waals surface area contributed by atoms with E-state index in [1.54, 1.807) is 6.20 Å². The van der Waals surface area contributed by atoms with Crippen molar-refractivity contribution in [2.45, 2.75) is 32.4 Å². The lowest BCUT2D eigenvalue weighted by Crippen LogP contribution is -2.12. The summed E-state index contributed by atoms with van der Waals surface area (Å²) in [6.07, 6.45) is -2.77. The zero-order chi connectivity index (χ0) is 13.6. The van der Waals surface area contributed by atoms with Gasteiger partial charge < -0.3 is 0 Å². The first-order chi connectivity index (χ1) is 8.19. The third-order valence-electron chi connectivity index (χ3n) is 2.88. The Labute approximate surface area is 104 Å². The molecule has 0 saturated heterocycles. The van der Waals surface area contributed by atoms with Gasteiger partial charge in [-0.15, -0.1) is 0 Å². The van der Waals surface area contributed by atoms with Gasteiger partial charge in [0.1, 0.15) is 0 Å². The molecule has 0 atom stereocenters. The number of hydrogen-bond donors (Lipinski definition) is 0. The SMILES string of the molecule is CC(C)(C)c1ccnc2cc(C(F)(F)F)ccc12. The average Bonchev–Trinajstić information content (AvgIpc) is 2.25. The smallest absolute Gasteiger partial charge is 0.256 e. The molecule has 0 saturated carbocycles. The van der Waals surface area contributed by atoms with Crippen LogP contribution in [0.1, 0.15) is 31.9 Å². The summed E-state index contributed by atoms with van der Waals surface area (Å²) in [5.74, 6) is 0. The molecular formula is C14H14F3N. The van der Waals surface area contributed by atoms with Crippen molar-refractivity contribution in [1.29, 1.82) is 0 Å². The predicted molar refractivity (Wildman–Crippen MR) is 65.4 cm³/mol. The normalized spacial score (nSPS) is 13.0. The minimum Gasteiger partial charge on any atom is -0.256 e. The summed E-state index contributed by atoms with van der Waals surface area (Å²) in [5, 5.41) is 0.776. The molecule has 0 aliphatic rings. The van der Waals surface area contributed by atoms with E-state index < -0.39 is 11.7 Å². The number of hydrogen-bond acceptors (Lipinski definition) is 1. The Balaban J connectivity index is 2.68. The van der Waals surface area contributed by atoms with Crippen LogP contribution in [-0.2, 0) is 11.6 Å². The van der Waals surface area contributed by atoms with Crippen molar-refractivity contribution >= 4 is 10.9 Å². The van der Waals surface area contributed by atoms with Crippen molar-refractivity contribution in [1.82, 2.24) is 4.98 Å². The van der Waals surface area contributed by atoms with Crippen molar-refractivity contribution < 1.29 is 13.2 Å². The van der Waals surface area contributed by atoms with Crippen molar-refractivity contribution in [2.75, 3.05) is 0 Å². The first-order valence-electron chi connectivity index (χ1n) is 5.66. The fourth-order valence-corrected chi connectivity index (χ4v) is 1.98. The van der Waals surface area contributed by atoms with E-state index in [9.17, 15) is 13.2 Å². The number of nitrogens with zero attached hydrogens (tertiary/aromatic N) is 1. The van der Waals surface area contributed by atoms with Crippen LogP contribution >= 0.6 is 0 Å². The second-order valence-electron chi connectivity index (χ2n) is 5.34. The number of pyridine rings is 1. The summed E-state index contributed by atoms with van der Waals surface area (Å²) in [6.45, 7) is 6.08. The minimum atomic E-state index is -4.33. The van der Waals surface area contributed by atoms with Gasteiger partial charge in [-0.25, -0.2) is 0 Å². The molecule has 0 unspecified atom stereocenters. The van der Waals surface area contributed by atoms with Crippen molar-refractivity contribution in [3.63, 3.8) is 0 Å². The van der Waals surface area contributed by atoms with Gasteiger partial charge in [-0.2, -0.15) is 13.2 Å². The second kappa shape index (κ2) is 3.97. The zero-order valence-corrected chi connectivity index (χ0v) is 10.5. The van der Waals surface area contributed by atoms with Crippen LogP contribution in [0, 0.1) is 0 Å². The molecule has 0 fully saturated rings. The molecule has 1 aromatic heterocycles. The van der Waals surface area contributed by atoms with E-state index >= 15 is 0 Å². The second-order valence-corrected chi connectivity index (χ2v) is 5.34. The van der Waals surface area contributed by atoms with Crippen LogP contribution in [-0.4, -0.2) is 4.98 Å². The molecule has 4 heteroatoms. The van der Waals surface area contributed by atoms with E-state index in [2.05, 4.69) is 4.98 Å². The summed E-state index contributed by atoms with van der Waals surface area (Å²) in [4.78, 5) is 4.03. The molecule has 0 radical (unpaired) electrons. The molecule has 0 spiro atoms. The van der Waals surface area contributed by atoms with Gasteiger partial charge in [0.2, 0.25) is 0 Å². The van der Waals surface area contributed by atoms with Crippen LogP contribution in [0.5, 0.6) is 0 Å². The van der Waals surface area contributed by atoms with Gasteiger partial charge in [0.25, 0.3) is 0 Å². The quantitative estimate of drug-likeness (QED) is 0.671. The Morgan fingerprint density at radius 3 is 2.22 bits per heavy atom. The van der Waals surface area contributed by atoms with Crippen LogP contribution in [0.15, 0.2) is 30.5 Å². The summed E-state index contributed by atoms with van der Waals surface area (Å²) in [6, 6.07) is 5.57. The first-order valence-corrected chi connectivity index (χ1v) is 5.66. The maximum atomic E-state index is 12.6. The van der Waals surface area contributed by atoms with Gasteiger partial charge in [0.15, 0.2) is 0 Å². The van der Waals surface area contributed by atoms with Gasteiger partial charge in [0.05, 0.1) is 11.1 Å². The Hall–Kier alpha value is -1.58. The number of fused-ring (bicyclic) bond motifs is 1. The minimum absolute atomic E-state index is 0.124. The van der Waals surface area contributed by atoms with Crippen LogP contribution in [0.3, 0.4) is 0 Å². The summed E-state index contributed by atoms with van der Waals surface area (Å²) >= 11 is 0. The molecule has 96 valence electrons. The van der Waals surface area contributed by atoms with Crippen LogP contribution < -0.4 is 0 Å². The number of alkyl halides is 3. The van der Waals surface area contributed by atoms with Gasteiger partial charge in [0, 0.05) is 11.6 Å². The lowest BCUT2D eigenvalue weighted by Gasteiger charge is -2.21. The topological polar surface area (TPSA) is 12.9 Å². The van der Waals surface area contributed by atoms with E-state index in [-0.39, 0.29) is 5.41 Å². The van der Waals surface area contributed by atoms with Gasteiger partial charge in [-0.1, -0.05) is 26.8 Å². The Morgan fingerprint density at radius 2 is 1.67 bits per heavy atom. The third kappa shape index (κ3) is 2.33. The van der Waals surface area contributed by atoms with E-state index in [1.807, 2.05) is 26.8 Å². The average molecular weight is 253 g/mol. The molecule has 2 rings (SSSR count). The van der Waals surface area contributed by atoms with Crippen LogP contribution in [0.2, 0.25) is 0 Å². The highest BCUT2D eigenvalue weighted by molar-refractivity contribution is 5.83. The summed E-state index contributed by atoms with van der Waals surface area (Å²) in [5.41, 5.74) is 0.605.